The zero-order chi connectivity index (χ0) is 19.0. The van der Waals surface area contributed by atoms with Crippen LogP contribution in [0, 0.1) is 0 Å². The van der Waals surface area contributed by atoms with Gasteiger partial charge in [-0.3, -0.25) is 4.79 Å². The SMILES string of the molecule is CN1CCN(S(=O)(=O)c2cccc(NC(=O)CCCCCCN)c2)CC1.Cl.Cl. The van der Waals surface area contributed by atoms with Crippen molar-refractivity contribution in [3.05, 3.63) is 24.3 Å². The van der Waals surface area contributed by atoms with Crippen LogP contribution in [0.25, 0.3) is 0 Å². The molecule has 0 unspecified atom stereocenters. The van der Waals surface area contributed by atoms with Gasteiger partial charge in [0, 0.05) is 38.3 Å². The Bertz CT molecular complexity index is 696. The lowest BCUT2D eigenvalue weighted by Gasteiger charge is -2.31. The largest absolute Gasteiger partial charge is 0.330 e. The molecule has 28 heavy (non-hydrogen) atoms. The number of unbranched alkanes of at least 4 members (excludes halogenated alkanes) is 3. The van der Waals surface area contributed by atoms with Crippen LogP contribution in [0.2, 0.25) is 0 Å². The van der Waals surface area contributed by atoms with Crippen molar-refractivity contribution in [2.75, 3.05) is 45.1 Å². The summed E-state index contributed by atoms with van der Waals surface area (Å²) in [7, 11) is -1.55. The Hall–Kier alpha value is -0.900. The van der Waals surface area contributed by atoms with Gasteiger partial charge in [-0.15, -0.1) is 24.8 Å². The number of nitrogens with two attached hydrogens (primary N) is 1. The highest BCUT2D eigenvalue weighted by molar-refractivity contribution is 7.89. The third kappa shape index (κ3) is 8.23. The van der Waals surface area contributed by atoms with Gasteiger partial charge in [0.2, 0.25) is 15.9 Å². The first-order valence-corrected chi connectivity index (χ1v) is 10.7. The number of nitrogens with one attached hydrogen (secondary N) is 1. The summed E-state index contributed by atoms with van der Waals surface area (Å²) in [5, 5.41) is 2.80. The molecular formula is C18H32Cl2N4O3S. The summed E-state index contributed by atoms with van der Waals surface area (Å²) in [6.07, 6.45) is 4.23. The standard InChI is InChI=1S/C18H30N4O3S.2ClH/c1-21-11-13-22(14-12-21)26(24,25)17-8-6-7-16(15-17)20-18(23)9-4-2-3-5-10-19;;/h6-8,15H,2-5,9-14,19H2,1H3,(H,20,23);2*1H. The van der Waals surface area contributed by atoms with E-state index in [9.17, 15) is 13.2 Å². The zero-order valence-electron chi connectivity index (χ0n) is 16.3. The minimum absolute atomic E-state index is 0. The van der Waals surface area contributed by atoms with Crippen molar-refractivity contribution in [3.8, 4) is 0 Å². The third-order valence-electron chi connectivity index (χ3n) is 4.58. The van der Waals surface area contributed by atoms with E-state index in [0.29, 0.717) is 31.7 Å². The van der Waals surface area contributed by atoms with Gasteiger partial charge < -0.3 is 16.0 Å². The smallest absolute Gasteiger partial charge is 0.243 e. The summed E-state index contributed by atoms with van der Waals surface area (Å²) in [6.45, 7) is 3.09. The highest BCUT2D eigenvalue weighted by atomic mass is 35.5. The lowest BCUT2D eigenvalue weighted by atomic mass is 10.1. The topological polar surface area (TPSA) is 95.7 Å². The number of benzene rings is 1. The summed E-state index contributed by atoms with van der Waals surface area (Å²) in [6, 6.07) is 6.51. The van der Waals surface area contributed by atoms with Crippen LogP contribution in [-0.2, 0) is 14.8 Å². The zero-order valence-corrected chi connectivity index (χ0v) is 18.8. The van der Waals surface area contributed by atoms with Gasteiger partial charge in [0.15, 0.2) is 0 Å². The predicted molar refractivity (Wildman–Crippen MR) is 118 cm³/mol. The Morgan fingerprint density at radius 3 is 2.36 bits per heavy atom. The molecule has 1 fully saturated rings. The molecule has 1 saturated heterocycles. The molecule has 2 rings (SSSR count). The fraction of sp³-hybridized carbons (Fsp3) is 0.611. The molecule has 0 aromatic heterocycles. The van der Waals surface area contributed by atoms with E-state index in [1.54, 1.807) is 24.3 Å². The molecule has 1 heterocycles. The van der Waals surface area contributed by atoms with Gasteiger partial charge in [-0.25, -0.2) is 8.42 Å². The van der Waals surface area contributed by atoms with Crippen molar-refractivity contribution in [2.45, 2.75) is 37.0 Å². The van der Waals surface area contributed by atoms with Crippen molar-refractivity contribution in [2.24, 2.45) is 5.73 Å². The van der Waals surface area contributed by atoms with Crippen LogP contribution in [0.3, 0.4) is 0 Å². The number of hydrogen-bond donors (Lipinski definition) is 2. The van der Waals surface area contributed by atoms with Gasteiger partial charge >= 0.3 is 0 Å². The van der Waals surface area contributed by atoms with Gasteiger partial charge in [-0.05, 0) is 44.6 Å². The predicted octanol–water partition coefficient (Wildman–Crippen LogP) is 2.31. The van der Waals surface area contributed by atoms with Crippen LogP contribution < -0.4 is 11.1 Å². The molecular weight excluding hydrogens is 423 g/mol. The van der Waals surface area contributed by atoms with Gasteiger partial charge in [-0.1, -0.05) is 18.9 Å². The van der Waals surface area contributed by atoms with E-state index in [0.717, 1.165) is 38.8 Å². The number of rotatable bonds is 9. The highest BCUT2D eigenvalue weighted by Crippen LogP contribution is 2.21. The fourth-order valence-electron chi connectivity index (χ4n) is 2.92. The average molecular weight is 455 g/mol. The number of hydrogen-bond acceptors (Lipinski definition) is 5. The van der Waals surface area contributed by atoms with Crippen LogP contribution in [0.15, 0.2) is 29.2 Å². The molecule has 3 N–H and O–H groups in total. The summed E-state index contributed by atoms with van der Waals surface area (Å²) in [5.74, 6) is -0.0908. The number of anilines is 1. The molecule has 7 nitrogen and oxygen atoms in total. The minimum atomic E-state index is -3.53. The maximum Gasteiger partial charge on any atom is 0.243 e. The second-order valence-electron chi connectivity index (χ2n) is 6.74. The molecule has 1 aromatic carbocycles. The Morgan fingerprint density at radius 1 is 1.07 bits per heavy atom. The first kappa shape index (κ1) is 27.1. The molecule has 10 heteroatoms. The van der Waals surface area contributed by atoms with Crippen LogP contribution >= 0.6 is 24.8 Å². The van der Waals surface area contributed by atoms with E-state index in [-0.39, 0.29) is 35.6 Å². The van der Waals surface area contributed by atoms with E-state index in [1.807, 2.05) is 7.05 Å². The first-order valence-electron chi connectivity index (χ1n) is 9.22. The number of amides is 1. The Labute approximate surface area is 180 Å². The van der Waals surface area contributed by atoms with E-state index in [4.69, 9.17) is 5.73 Å². The third-order valence-corrected chi connectivity index (χ3v) is 6.47. The Morgan fingerprint density at radius 2 is 1.71 bits per heavy atom. The maximum atomic E-state index is 12.8. The quantitative estimate of drug-likeness (QED) is 0.558. The lowest BCUT2D eigenvalue weighted by Crippen LogP contribution is -2.47. The lowest BCUT2D eigenvalue weighted by molar-refractivity contribution is -0.116. The number of sulfonamides is 1. The molecule has 0 aliphatic carbocycles. The maximum absolute atomic E-state index is 12.8. The second-order valence-corrected chi connectivity index (χ2v) is 8.67. The molecule has 0 spiro atoms. The number of piperazine rings is 1. The van der Waals surface area contributed by atoms with Gasteiger partial charge in [0.05, 0.1) is 4.90 Å². The fourth-order valence-corrected chi connectivity index (χ4v) is 4.39. The van der Waals surface area contributed by atoms with Crippen LogP contribution in [0.1, 0.15) is 32.1 Å². The average Bonchev–Trinajstić information content (AvgIpc) is 2.62. The van der Waals surface area contributed by atoms with Crippen molar-refractivity contribution in [1.29, 1.82) is 0 Å². The van der Waals surface area contributed by atoms with E-state index in [1.165, 1.54) is 4.31 Å². The van der Waals surface area contributed by atoms with E-state index in [2.05, 4.69) is 10.2 Å². The molecule has 1 amide bonds. The molecule has 0 radical (unpaired) electrons. The summed E-state index contributed by atoms with van der Waals surface area (Å²) >= 11 is 0. The van der Waals surface area contributed by atoms with Crippen LogP contribution in [-0.4, -0.2) is 63.3 Å². The molecule has 1 aliphatic heterocycles. The monoisotopic (exact) mass is 454 g/mol. The summed E-state index contributed by atoms with van der Waals surface area (Å²) < 4.78 is 27.1. The van der Waals surface area contributed by atoms with Gasteiger partial charge in [0.25, 0.3) is 0 Å². The van der Waals surface area contributed by atoms with Gasteiger partial charge in [-0.2, -0.15) is 4.31 Å². The Kier molecular flexibility index (Phi) is 12.9. The number of carbonyl (C=O) groups is 1. The van der Waals surface area contributed by atoms with Gasteiger partial charge in [0.1, 0.15) is 0 Å². The molecule has 0 bridgehead atoms. The van der Waals surface area contributed by atoms with E-state index < -0.39 is 10.0 Å². The number of nitrogens with zero attached hydrogens (tertiary/aromatic N) is 2. The summed E-state index contributed by atoms with van der Waals surface area (Å²) in [4.78, 5) is 14.4. The molecule has 1 aromatic rings. The molecule has 0 saturated carbocycles. The number of halogens is 2. The minimum Gasteiger partial charge on any atom is -0.330 e. The number of likely N-dealkylation sites (N-methyl/N-ethyl adjacent to an activating group) is 1. The van der Waals surface area contributed by atoms with E-state index >= 15 is 0 Å². The van der Waals surface area contributed by atoms with Crippen molar-refractivity contribution >= 4 is 46.4 Å². The Balaban J connectivity index is 0.00000364. The molecule has 1 aliphatic rings. The molecule has 0 atom stereocenters. The highest BCUT2D eigenvalue weighted by Gasteiger charge is 2.27. The van der Waals surface area contributed by atoms with Crippen molar-refractivity contribution in [3.63, 3.8) is 0 Å². The number of carbonyl (C=O) groups excluding carboxylic acids is 1. The van der Waals surface area contributed by atoms with Crippen LogP contribution in [0.4, 0.5) is 5.69 Å². The van der Waals surface area contributed by atoms with Crippen molar-refractivity contribution in [1.82, 2.24) is 9.21 Å². The normalized spacial score (nSPS) is 15.4. The molecule has 162 valence electrons. The van der Waals surface area contributed by atoms with Crippen LogP contribution in [0.5, 0.6) is 0 Å². The summed E-state index contributed by atoms with van der Waals surface area (Å²) in [5.41, 5.74) is 5.97. The second kappa shape index (κ2) is 13.3. The first-order chi connectivity index (χ1) is 12.4. The van der Waals surface area contributed by atoms with Crippen molar-refractivity contribution < 1.29 is 13.2 Å².